The molecule has 0 spiro atoms. The van der Waals surface area contributed by atoms with E-state index in [1.54, 1.807) is 17.4 Å². The SMILES string of the molecule is O=[N+]([O-])c1cccc(CNCc2cccs2)c1F. The van der Waals surface area contributed by atoms with Gasteiger partial charge in [0.05, 0.1) is 4.92 Å². The molecule has 0 aliphatic heterocycles. The molecule has 0 amide bonds. The number of benzene rings is 1. The van der Waals surface area contributed by atoms with Crippen molar-refractivity contribution in [1.29, 1.82) is 0 Å². The molecule has 0 aliphatic carbocycles. The Hall–Kier alpha value is -1.79. The summed E-state index contributed by atoms with van der Waals surface area (Å²) in [6.07, 6.45) is 0. The molecule has 0 bridgehead atoms. The summed E-state index contributed by atoms with van der Waals surface area (Å²) in [6.45, 7) is 0.894. The number of thiophene rings is 1. The molecular weight excluding hydrogens is 255 g/mol. The Bertz CT molecular complexity index is 543. The molecule has 0 aliphatic rings. The van der Waals surface area contributed by atoms with Gasteiger partial charge in [0.2, 0.25) is 5.82 Å². The van der Waals surface area contributed by atoms with Gasteiger partial charge in [-0.05, 0) is 11.4 Å². The standard InChI is InChI=1S/C12H11FN2O2S/c13-12-9(3-1-5-11(12)15(16)17)7-14-8-10-4-2-6-18-10/h1-6,14H,7-8H2. The smallest absolute Gasteiger partial charge is 0.305 e. The first-order chi connectivity index (χ1) is 8.68. The van der Waals surface area contributed by atoms with Gasteiger partial charge >= 0.3 is 5.69 Å². The van der Waals surface area contributed by atoms with Crippen molar-refractivity contribution in [1.82, 2.24) is 5.32 Å². The van der Waals surface area contributed by atoms with Crippen LogP contribution in [0.2, 0.25) is 0 Å². The van der Waals surface area contributed by atoms with Gasteiger partial charge in [0.1, 0.15) is 0 Å². The monoisotopic (exact) mass is 266 g/mol. The molecule has 0 radical (unpaired) electrons. The Morgan fingerprint density at radius 3 is 2.78 bits per heavy atom. The number of halogens is 1. The molecule has 2 rings (SSSR count). The molecule has 0 fully saturated rings. The fraction of sp³-hybridized carbons (Fsp3) is 0.167. The topological polar surface area (TPSA) is 55.2 Å². The molecule has 0 saturated carbocycles. The van der Waals surface area contributed by atoms with Crippen molar-refractivity contribution >= 4 is 17.0 Å². The van der Waals surface area contributed by atoms with Crippen LogP contribution >= 0.6 is 11.3 Å². The minimum absolute atomic E-state index is 0.269. The fourth-order valence-electron chi connectivity index (χ4n) is 1.58. The van der Waals surface area contributed by atoms with Crippen molar-refractivity contribution in [2.75, 3.05) is 0 Å². The molecular formula is C12H11FN2O2S. The van der Waals surface area contributed by atoms with E-state index >= 15 is 0 Å². The highest BCUT2D eigenvalue weighted by atomic mass is 32.1. The van der Waals surface area contributed by atoms with E-state index in [0.29, 0.717) is 12.1 Å². The second kappa shape index (κ2) is 5.70. The van der Waals surface area contributed by atoms with E-state index in [1.807, 2.05) is 17.5 Å². The van der Waals surface area contributed by atoms with Gasteiger partial charge in [-0.1, -0.05) is 18.2 Å². The summed E-state index contributed by atoms with van der Waals surface area (Å²) < 4.78 is 13.7. The zero-order valence-corrected chi connectivity index (χ0v) is 10.2. The number of nitro benzene ring substituents is 1. The van der Waals surface area contributed by atoms with Gasteiger partial charge in [0.15, 0.2) is 0 Å². The lowest BCUT2D eigenvalue weighted by Crippen LogP contribution is -2.13. The van der Waals surface area contributed by atoms with Gasteiger partial charge in [-0.2, -0.15) is 4.39 Å². The summed E-state index contributed by atoms with van der Waals surface area (Å²) in [7, 11) is 0. The minimum Gasteiger partial charge on any atom is -0.308 e. The van der Waals surface area contributed by atoms with E-state index in [-0.39, 0.29) is 6.54 Å². The Kier molecular flexibility index (Phi) is 4.01. The average Bonchev–Trinajstić information content (AvgIpc) is 2.84. The molecule has 0 atom stereocenters. The lowest BCUT2D eigenvalue weighted by Gasteiger charge is -2.05. The second-order valence-corrected chi connectivity index (χ2v) is 4.72. The van der Waals surface area contributed by atoms with E-state index in [1.165, 1.54) is 6.07 Å². The predicted octanol–water partition coefficient (Wildman–Crippen LogP) is 3.09. The van der Waals surface area contributed by atoms with Crippen molar-refractivity contribution in [2.24, 2.45) is 0 Å². The molecule has 1 aromatic heterocycles. The first kappa shape index (κ1) is 12.7. The van der Waals surface area contributed by atoms with Crippen LogP contribution in [-0.4, -0.2) is 4.92 Å². The lowest BCUT2D eigenvalue weighted by molar-refractivity contribution is -0.387. The number of hydrogen-bond acceptors (Lipinski definition) is 4. The summed E-state index contributed by atoms with van der Waals surface area (Å²) in [4.78, 5) is 11.0. The molecule has 6 heteroatoms. The third kappa shape index (κ3) is 2.91. The first-order valence-corrected chi connectivity index (χ1v) is 6.21. The zero-order chi connectivity index (χ0) is 13.0. The number of rotatable bonds is 5. The van der Waals surface area contributed by atoms with Crippen molar-refractivity contribution < 1.29 is 9.31 Å². The molecule has 1 N–H and O–H groups in total. The van der Waals surface area contributed by atoms with Crippen molar-refractivity contribution in [3.8, 4) is 0 Å². The van der Waals surface area contributed by atoms with E-state index in [4.69, 9.17) is 0 Å². The maximum Gasteiger partial charge on any atom is 0.305 e. The van der Waals surface area contributed by atoms with Crippen molar-refractivity contribution in [3.05, 3.63) is 62.1 Å². The minimum atomic E-state index is -0.763. The maximum atomic E-state index is 13.7. The van der Waals surface area contributed by atoms with Crippen LogP contribution in [0.25, 0.3) is 0 Å². The largest absolute Gasteiger partial charge is 0.308 e. The zero-order valence-electron chi connectivity index (χ0n) is 9.43. The van der Waals surface area contributed by atoms with E-state index in [9.17, 15) is 14.5 Å². The third-order valence-electron chi connectivity index (χ3n) is 2.45. The summed E-state index contributed by atoms with van der Waals surface area (Å²) in [5.74, 6) is -0.763. The molecule has 1 heterocycles. The number of nitrogens with one attached hydrogen (secondary N) is 1. The quantitative estimate of drug-likeness (QED) is 0.668. The van der Waals surface area contributed by atoms with Crippen LogP contribution in [0.4, 0.5) is 10.1 Å². The highest BCUT2D eigenvalue weighted by Gasteiger charge is 2.16. The van der Waals surface area contributed by atoms with Crippen LogP contribution in [0.5, 0.6) is 0 Å². The Labute approximate surface area is 107 Å². The summed E-state index contributed by atoms with van der Waals surface area (Å²) >= 11 is 1.61. The Morgan fingerprint density at radius 2 is 2.11 bits per heavy atom. The number of hydrogen-bond donors (Lipinski definition) is 1. The van der Waals surface area contributed by atoms with Gasteiger partial charge in [-0.15, -0.1) is 11.3 Å². The number of nitro groups is 1. The van der Waals surface area contributed by atoms with Gasteiger partial charge in [-0.3, -0.25) is 10.1 Å². The van der Waals surface area contributed by atoms with Crippen LogP contribution in [0.15, 0.2) is 35.7 Å². The highest BCUT2D eigenvalue weighted by Crippen LogP contribution is 2.20. The molecule has 0 unspecified atom stereocenters. The van der Waals surface area contributed by atoms with Gasteiger partial charge in [0, 0.05) is 29.6 Å². The molecule has 0 saturated heterocycles. The van der Waals surface area contributed by atoms with E-state index in [2.05, 4.69) is 5.32 Å². The normalized spacial score (nSPS) is 10.5. The van der Waals surface area contributed by atoms with Crippen LogP contribution in [-0.2, 0) is 13.1 Å². The Morgan fingerprint density at radius 1 is 1.28 bits per heavy atom. The van der Waals surface area contributed by atoms with Crippen molar-refractivity contribution in [3.63, 3.8) is 0 Å². The van der Waals surface area contributed by atoms with Gasteiger partial charge in [-0.25, -0.2) is 0 Å². The van der Waals surface area contributed by atoms with Gasteiger partial charge < -0.3 is 5.32 Å². The Balaban J connectivity index is 2.01. The summed E-state index contributed by atoms with van der Waals surface area (Å²) in [6, 6.07) is 8.11. The third-order valence-corrected chi connectivity index (χ3v) is 3.33. The van der Waals surface area contributed by atoms with E-state index < -0.39 is 16.4 Å². The van der Waals surface area contributed by atoms with Crippen LogP contribution in [0, 0.1) is 15.9 Å². The fourth-order valence-corrected chi connectivity index (χ4v) is 2.25. The molecule has 4 nitrogen and oxygen atoms in total. The van der Waals surface area contributed by atoms with Crippen molar-refractivity contribution in [2.45, 2.75) is 13.1 Å². The van der Waals surface area contributed by atoms with Crippen LogP contribution in [0.1, 0.15) is 10.4 Å². The molecule has 2 aromatic rings. The summed E-state index contributed by atoms with van der Waals surface area (Å²) in [5, 5.41) is 15.6. The first-order valence-electron chi connectivity index (χ1n) is 5.33. The predicted molar refractivity (Wildman–Crippen MR) is 67.9 cm³/mol. The molecule has 18 heavy (non-hydrogen) atoms. The van der Waals surface area contributed by atoms with Gasteiger partial charge in [0.25, 0.3) is 0 Å². The average molecular weight is 266 g/mol. The second-order valence-electron chi connectivity index (χ2n) is 3.69. The lowest BCUT2D eigenvalue weighted by atomic mass is 10.2. The van der Waals surface area contributed by atoms with Crippen LogP contribution in [0.3, 0.4) is 0 Å². The highest BCUT2D eigenvalue weighted by molar-refractivity contribution is 7.09. The van der Waals surface area contributed by atoms with E-state index in [0.717, 1.165) is 10.9 Å². The maximum absolute atomic E-state index is 13.7. The number of nitrogens with zero attached hydrogens (tertiary/aromatic N) is 1. The van der Waals surface area contributed by atoms with Crippen LogP contribution < -0.4 is 5.32 Å². The molecule has 1 aromatic carbocycles. The molecule has 94 valence electrons. The summed E-state index contributed by atoms with van der Waals surface area (Å²) in [5.41, 5.74) is -0.175.